The van der Waals surface area contributed by atoms with E-state index in [0.717, 1.165) is 0 Å². The van der Waals surface area contributed by atoms with Gasteiger partial charge in [0.15, 0.2) is 5.79 Å². The number of carbonyl (C=O) groups excluding carboxylic acids is 1. The van der Waals surface area contributed by atoms with Crippen molar-refractivity contribution >= 4 is 5.78 Å². The first-order chi connectivity index (χ1) is 14.2. The van der Waals surface area contributed by atoms with Gasteiger partial charge in [0.1, 0.15) is 23.7 Å². The molecule has 2 aromatic rings. The first-order valence-electron chi connectivity index (χ1n) is 9.42. The summed E-state index contributed by atoms with van der Waals surface area (Å²) in [6.07, 6.45) is -4.67. The monoisotopic (exact) mass is 418 g/mol. The summed E-state index contributed by atoms with van der Waals surface area (Å²) < 4.78 is 5.61. The van der Waals surface area contributed by atoms with Gasteiger partial charge in [-0.05, 0) is 28.8 Å². The van der Waals surface area contributed by atoms with E-state index >= 15 is 0 Å². The number of phenols is 2. The molecule has 0 unspecified atom stereocenters. The van der Waals surface area contributed by atoms with Crippen molar-refractivity contribution in [2.45, 2.75) is 43.0 Å². The van der Waals surface area contributed by atoms with Crippen LogP contribution in [0.1, 0.15) is 45.0 Å². The van der Waals surface area contributed by atoms with Crippen molar-refractivity contribution in [1.82, 2.24) is 0 Å². The van der Waals surface area contributed by atoms with E-state index in [2.05, 4.69) is 0 Å². The average Bonchev–Trinajstić information content (AvgIpc) is 2.70. The maximum absolute atomic E-state index is 13.1. The molecule has 2 aromatic carbocycles. The molecule has 30 heavy (non-hydrogen) atoms. The van der Waals surface area contributed by atoms with Crippen LogP contribution in [0, 0.1) is 0 Å². The molecule has 7 N–H and O–H groups in total. The number of benzene rings is 2. The van der Waals surface area contributed by atoms with E-state index in [4.69, 9.17) is 4.74 Å². The first-order valence-corrected chi connectivity index (χ1v) is 9.42. The zero-order chi connectivity index (χ0) is 21.8. The Morgan fingerprint density at radius 1 is 1.03 bits per heavy atom. The highest BCUT2D eigenvalue weighted by molar-refractivity contribution is 6.16. The van der Waals surface area contributed by atoms with Gasteiger partial charge in [-0.15, -0.1) is 0 Å². The summed E-state index contributed by atoms with van der Waals surface area (Å²) in [6.45, 7) is -1.14. The van der Waals surface area contributed by atoms with Gasteiger partial charge in [0, 0.05) is 6.42 Å². The molecule has 1 fully saturated rings. The average molecular weight is 418 g/mol. The van der Waals surface area contributed by atoms with Crippen LogP contribution in [0.2, 0.25) is 0 Å². The van der Waals surface area contributed by atoms with Gasteiger partial charge < -0.3 is 40.5 Å². The molecule has 160 valence electrons. The molecule has 1 heterocycles. The molecule has 1 aliphatic carbocycles. The van der Waals surface area contributed by atoms with Gasteiger partial charge in [0.2, 0.25) is 5.78 Å². The first kappa shape index (κ1) is 20.7. The number of phenolic OH excluding ortho intramolecular Hbond substituents is 2. The topological polar surface area (TPSA) is 168 Å². The molecule has 5 atom stereocenters. The van der Waals surface area contributed by atoms with Crippen LogP contribution >= 0.6 is 0 Å². The van der Waals surface area contributed by atoms with E-state index < -0.39 is 61.2 Å². The minimum Gasteiger partial charge on any atom is -0.507 e. The van der Waals surface area contributed by atoms with Crippen molar-refractivity contribution in [3.63, 3.8) is 0 Å². The molecule has 1 saturated heterocycles. The standard InChI is InChI=1S/C21H22O9/c22-7-9-4-11-17(13(25)5-9)20(28)16-10(2-1-3-12(16)24)18(11)21(29)6-14(26)19(27)15(8-23)30-21/h1-5,14-15,18-19,22-27,29H,6-8H2/t14-,15+,18+,19+,21-/m1/s1. The van der Waals surface area contributed by atoms with Crippen molar-refractivity contribution in [3.8, 4) is 11.5 Å². The third kappa shape index (κ3) is 2.99. The highest BCUT2D eigenvalue weighted by Crippen LogP contribution is 2.51. The molecule has 0 amide bonds. The lowest BCUT2D eigenvalue weighted by Gasteiger charge is -2.47. The fourth-order valence-corrected chi connectivity index (χ4v) is 4.48. The number of ether oxygens (including phenoxy) is 1. The van der Waals surface area contributed by atoms with Crippen molar-refractivity contribution in [2.75, 3.05) is 6.61 Å². The van der Waals surface area contributed by atoms with E-state index in [0.29, 0.717) is 0 Å². The van der Waals surface area contributed by atoms with Gasteiger partial charge in [0.05, 0.1) is 36.4 Å². The molecule has 1 aliphatic heterocycles. The quantitative estimate of drug-likeness (QED) is 0.346. The van der Waals surface area contributed by atoms with Gasteiger partial charge >= 0.3 is 0 Å². The van der Waals surface area contributed by atoms with E-state index in [1.54, 1.807) is 0 Å². The molecule has 4 rings (SSSR count). The highest BCUT2D eigenvalue weighted by atomic mass is 16.6. The normalized spacial score (nSPS) is 30.6. The SMILES string of the molecule is O=C1c2c(O)cccc2[C@H]([C@@]2(O)C[C@@H](O)[C@H](O)[C@H](CO)O2)c2cc(CO)cc(O)c21. The molecule has 0 saturated carbocycles. The lowest BCUT2D eigenvalue weighted by Crippen LogP contribution is -2.58. The van der Waals surface area contributed by atoms with E-state index in [-0.39, 0.29) is 33.6 Å². The predicted octanol–water partition coefficient (Wildman–Crippen LogP) is -0.542. The number of rotatable bonds is 3. The highest BCUT2D eigenvalue weighted by Gasteiger charge is 2.53. The third-order valence-electron chi connectivity index (χ3n) is 5.80. The lowest BCUT2D eigenvalue weighted by atomic mass is 9.70. The van der Waals surface area contributed by atoms with Crippen molar-refractivity contribution in [2.24, 2.45) is 0 Å². The number of ketones is 1. The Kier molecular flexibility index (Phi) is 5.05. The van der Waals surface area contributed by atoms with Crippen LogP contribution in [-0.2, 0) is 11.3 Å². The zero-order valence-electron chi connectivity index (χ0n) is 15.8. The predicted molar refractivity (Wildman–Crippen MR) is 101 cm³/mol. The minimum atomic E-state index is -2.20. The van der Waals surface area contributed by atoms with Crippen LogP contribution in [0.15, 0.2) is 30.3 Å². The summed E-state index contributed by atoms with van der Waals surface area (Å²) in [7, 11) is 0. The van der Waals surface area contributed by atoms with Crippen LogP contribution in [0.4, 0.5) is 0 Å². The smallest absolute Gasteiger partial charge is 0.201 e. The second kappa shape index (κ2) is 7.31. The van der Waals surface area contributed by atoms with E-state index in [9.17, 15) is 40.5 Å². The largest absolute Gasteiger partial charge is 0.507 e. The summed E-state index contributed by atoms with van der Waals surface area (Å²) in [6, 6.07) is 6.89. The van der Waals surface area contributed by atoms with Gasteiger partial charge in [0.25, 0.3) is 0 Å². The number of hydrogen-bond acceptors (Lipinski definition) is 9. The molecule has 9 nitrogen and oxygen atoms in total. The van der Waals surface area contributed by atoms with Crippen LogP contribution in [-0.4, -0.2) is 72.2 Å². The van der Waals surface area contributed by atoms with Gasteiger partial charge in [-0.3, -0.25) is 4.79 Å². The van der Waals surface area contributed by atoms with Crippen molar-refractivity contribution in [1.29, 1.82) is 0 Å². The maximum Gasteiger partial charge on any atom is 0.201 e. The fraction of sp³-hybridized carbons (Fsp3) is 0.381. The molecule has 9 heteroatoms. The van der Waals surface area contributed by atoms with Crippen LogP contribution < -0.4 is 0 Å². The number of hydrogen-bond donors (Lipinski definition) is 7. The van der Waals surface area contributed by atoms with Crippen LogP contribution in [0.3, 0.4) is 0 Å². The summed E-state index contributed by atoms with van der Waals surface area (Å²) in [5.41, 5.74) is 0.269. The number of aliphatic hydroxyl groups is 5. The van der Waals surface area contributed by atoms with Gasteiger partial charge in [-0.2, -0.15) is 0 Å². The molecule has 0 bridgehead atoms. The Hall–Kier alpha value is -2.53. The number of carbonyl (C=O) groups is 1. The Bertz CT molecular complexity index is 1000. The van der Waals surface area contributed by atoms with Crippen molar-refractivity contribution in [3.05, 3.63) is 58.1 Å². The molecule has 2 aliphatic rings. The molecular formula is C21H22O9. The van der Waals surface area contributed by atoms with Crippen LogP contribution in [0.5, 0.6) is 11.5 Å². The van der Waals surface area contributed by atoms with E-state index in [1.165, 1.54) is 30.3 Å². The van der Waals surface area contributed by atoms with Crippen LogP contribution in [0.25, 0.3) is 0 Å². The summed E-state index contributed by atoms with van der Waals surface area (Å²) in [5, 5.41) is 71.7. The number of fused-ring (bicyclic) bond motifs is 2. The summed E-state index contributed by atoms with van der Waals surface area (Å²) >= 11 is 0. The third-order valence-corrected chi connectivity index (χ3v) is 5.80. The van der Waals surface area contributed by atoms with E-state index in [1.807, 2.05) is 0 Å². The summed E-state index contributed by atoms with van der Waals surface area (Å²) in [4.78, 5) is 13.1. The molecule has 0 spiro atoms. The summed E-state index contributed by atoms with van der Waals surface area (Å²) in [5.74, 6) is -4.86. The molecular weight excluding hydrogens is 396 g/mol. The Balaban J connectivity index is 1.98. The molecule has 0 aromatic heterocycles. The van der Waals surface area contributed by atoms with Crippen molar-refractivity contribution < 1.29 is 45.3 Å². The maximum atomic E-state index is 13.1. The Labute approximate surface area is 171 Å². The lowest BCUT2D eigenvalue weighted by molar-refractivity contribution is -0.310. The Morgan fingerprint density at radius 3 is 2.40 bits per heavy atom. The Morgan fingerprint density at radius 2 is 1.73 bits per heavy atom. The zero-order valence-corrected chi connectivity index (χ0v) is 15.8. The number of aliphatic hydroxyl groups excluding tert-OH is 4. The van der Waals surface area contributed by atoms with Gasteiger partial charge in [-0.1, -0.05) is 18.2 Å². The van der Waals surface area contributed by atoms with Gasteiger partial charge in [-0.25, -0.2) is 0 Å². The minimum absolute atomic E-state index is 0.130. The second-order valence-electron chi connectivity index (χ2n) is 7.69. The fourth-order valence-electron chi connectivity index (χ4n) is 4.48. The second-order valence-corrected chi connectivity index (χ2v) is 7.69. The number of aromatic hydroxyl groups is 2. The molecule has 0 radical (unpaired) electrons.